The van der Waals surface area contributed by atoms with Crippen molar-refractivity contribution in [2.45, 2.75) is 13.3 Å². The quantitative estimate of drug-likeness (QED) is 0.907. The highest BCUT2D eigenvalue weighted by molar-refractivity contribution is 9.10. The van der Waals surface area contributed by atoms with Crippen molar-refractivity contribution < 1.29 is 9.53 Å². The third-order valence-corrected chi connectivity index (χ3v) is 3.37. The van der Waals surface area contributed by atoms with Gasteiger partial charge in [0, 0.05) is 36.2 Å². The molecule has 0 radical (unpaired) electrons. The number of hydrogen-bond donors (Lipinski definition) is 1. The molecule has 1 unspecified atom stereocenters. The second kappa shape index (κ2) is 6.81. The molecule has 0 spiro atoms. The maximum Gasteiger partial charge on any atom is 0.224 e. The summed E-state index contributed by atoms with van der Waals surface area (Å²) in [4.78, 5) is 16.4. The van der Waals surface area contributed by atoms with E-state index in [1.807, 2.05) is 31.2 Å². The van der Waals surface area contributed by atoms with Crippen molar-refractivity contribution in [1.82, 2.24) is 4.98 Å². The Labute approximate surface area is 126 Å². The molecule has 0 aliphatic rings. The van der Waals surface area contributed by atoms with Crippen LogP contribution in [0.2, 0.25) is 0 Å². The maximum absolute atomic E-state index is 12.0. The zero-order valence-electron chi connectivity index (χ0n) is 11.5. The Bertz CT molecular complexity index is 616. The number of carbonyl (C=O) groups excluding carboxylic acids is 1. The van der Waals surface area contributed by atoms with Gasteiger partial charge in [-0.2, -0.15) is 0 Å². The van der Waals surface area contributed by atoms with Crippen LogP contribution in [0.1, 0.15) is 13.3 Å². The molecule has 1 aromatic carbocycles. The number of benzene rings is 1. The predicted molar refractivity (Wildman–Crippen MR) is 83.7 cm³/mol. The fourth-order valence-electron chi connectivity index (χ4n) is 2.10. The van der Waals surface area contributed by atoms with Crippen molar-refractivity contribution >= 4 is 38.4 Å². The number of anilines is 1. The number of rotatable bonds is 5. The smallest absolute Gasteiger partial charge is 0.224 e. The number of methoxy groups -OCH3 is 1. The number of nitrogens with one attached hydrogen (secondary N) is 1. The van der Waals surface area contributed by atoms with E-state index >= 15 is 0 Å². The Morgan fingerprint density at radius 1 is 1.50 bits per heavy atom. The van der Waals surface area contributed by atoms with E-state index in [0.29, 0.717) is 13.0 Å². The zero-order valence-corrected chi connectivity index (χ0v) is 13.1. The SMILES string of the molecule is COCC(C)CC(=O)Nc1cccc2cc(Br)cnc12. The Hall–Kier alpha value is -1.46. The van der Waals surface area contributed by atoms with Gasteiger partial charge in [-0.1, -0.05) is 19.1 Å². The molecular formula is C15H17BrN2O2. The summed E-state index contributed by atoms with van der Waals surface area (Å²) in [5.74, 6) is 0.170. The number of halogens is 1. The third kappa shape index (κ3) is 3.77. The van der Waals surface area contributed by atoms with Gasteiger partial charge in [0.15, 0.2) is 0 Å². The summed E-state index contributed by atoms with van der Waals surface area (Å²) in [6, 6.07) is 7.72. The second-order valence-corrected chi connectivity index (χ2v) is 5.76. The van der Waals surface area contributed by atoms with Gasteiger partial charge in [0.2, 0.25) is 5.91 Å². The Kier molecular flexibility index (Phi) is 5.09. The number of hydrogen-bond acceptors (Lipinski definition) is 3. The summed E-state index contributed by atoms with van der Waals surface area (Å²) in [6.07, 6.45) is 2.16. The number of fused-ring (bicyclic) bond motifs is 1. The van der Waals surface area contributed by atoms with E-state index in [4.69, 9.17) is 4.74 Å². The van der Waals surface area contributed by atoms with Crippen molar-refractivity contribution in [3.8, 4) is 0 Å². The molecule has 0 saturated heterocycles. The molecule has 0 fully saturated rings. The van der Waals surface area contributed by atoms with E-state index in [9.17, 15) is 4.79 Å². The summed E-state index contributed by atoms with van der Waals surface area (Å²) in [7, 11) is 1.64. The minimum absolute atomic E-state index is 0.0215. The van der Waals surface area contributed by atoms with Crippen LogP contribution in [0.4, 0.5) is 5.69 Å². The Morgan fingerprint density at radius 2 is 2.30 bits per heavy atom. The molecule has 1 heterocycles. The molecule has 0 bridgehead atoms. The maximum atomic E-state index is 12.0. The number of carbonyl (C=O) groups is 1. The van der Waals surface area contributed by atoms with Gasteiger partial charge in [0.1, 0.15) is 0 Å². The first kappa shape index (κ1) is 14.9. The van der Waals surface area contributed by atoms with Gasteiger partial charge in [0.05, 0.1) is 11.2 Å². The lowest BCUT2D eigenvalue weighted by molar-refractivity contribution is -0.117. The Balaban J connectivity index is 2.15. The predicted octanol–water partition coefficient (Wildman–Crippen LogP) is 3.61. The summed E-state index contributed by atoms with van der Waals surface area (Å²) < 4.78 is 5.96. The molecule has 106 valence electrons. The van der Waals surface area contributed by atoms with Crippen LogP contribution >= 0.6 is 15.9 Å². The van der Waals surface area contributed by atoms with Crippen molar-refractivity contribution in [3.05, 3.63) is 34.9 Å². The highest BCUT2D eigenvalue weighted by atomic mass is 79.9. The lowest BCUT2D eigenvalue weighted by Crippen LogP contribution is -2.17. The van der Waals surface area contributed by atoms with Crippen molar-refractivity contribution in [1.29, 1.82) is 0 Å². The zero-order chi connectivity index (χ0) is 14.5. The van der Waals surface area contributed by atoms with Crippen LogP contribution < -0.4 is 5.32 Å². The number of pyridine rings is 1. The third-order valence-electron chi connectivity index (χ3n) is 2.94. The monoisotopic (exact) mass is 336 g/mol. The fourth-order valence-corrected chi connectivity index (χ4v) is 2.44. The number of ether oxygens (including phenoxy) is 1. The van der Waals surface area contributed by atoms with Gasteiger partial charge >= 0.3 is 0 Å². The van der Waals surface area contributed by atoms with E-state index in [2.05, 4.69) is 26.2 Å². The molecule has 1 amide bonds. The van der Waals surface area contributed by atoms with Crippen molar-refractivity contribution in [2.75, 3.05) is 19.0 Å². The number of nitrogens with zero attached hydrogens (tertiary/aromatic N) is 1. The van der Waals surface area contributed by atoms with Gasteiger partial charge in [-0.25, -0.2) is 0 Å². The van der Waals surface area contributed by atoms with Crippen LogP contribution in [0.5, 0.6) is 0 Å². The molecule has 2 rings (SSSR count). The van der Waals surface area contributed by atoms with Crippen LogP contribution in [-0.2, 0) is 9.53 Å². The molecule has 20 heavy (non-hydrogen) atoms. The first-order valence-corrected chi connectivity index (χ1v) is 7.22. The standard InChI is InChI=1S/C15H17BrN2O2/c1-10(9-20-2)6-14(19)18-13-5-3-4-11-7-12(16)8-17-15(11)13/h3-5,7-8,10H,6,9H2,1-2H3,(H,18,19). The first-order valence-electron chi connectivity index (χ1n) is 6.43. The van der Waals surface area contributed by atoms with Crippen LogP contribution in [0.25, 0.3) is 10.9 Å². The minimum Gasteiger partial charge on any atom is -0.384 e. The highest BCUT2D eigenvalue weighted by Gasteiger charge is 2.11. The summed E-state index contributed by atoms with van der Waals surface area (Å²) in [5, 5.41) is 3.91. The number of para-hydroxylation sites is 1. The highest BCUT2D eigenvalue weighted by Crippen LogP contribution is 2.24. The van der Waals surface area contributed by atoms with Crippen LogP contribution in [0.3, 0.4) is 0 Å². The number of amides is 1. The topological polar surface area (TPSA) is 51.2 Å². The Morgan fingerprint density at radius 3 is 3.05 bits per heavy atom. The van der Waals surface area contributed by atoms with Crippen LogP contribution in [-0.4, -0.2) is 24.6 Å². The second-order valence-electron chi connectivity index (χ2n) is 4.84. The fraction of sp³-hybridized carbons (Fsp3) is 0.333. The molecule has 1 aromatic heterocycles. The van der Waals surface area contributed by atoms with Crippen molar-refractivity contribution in [2.24, 2.45) is 5.92 Å². The molecule has 1 N–H and O–H groups in total. The van der Waals surface area contributed by atoms with Gasteiger partial charge in [-0.15, -0.1) is 0 Å². The average Bonchev–Trinajstić information content (AvgIpc) is 2.38. The molecule has 0 saturated carbocycles. The molecule has 0 aliphatic carbocycles. The van der Waals surface area contributed by atoms with Gasteiger partial charge in [-0.3, -0.25) is 9.78 Å². The van der Waals surface area contributed by atoms with Crippen molar-refractivity contribution in [3.63, 3.8) is 0 Å². The van der Waals surface area contributed by atoms with Gasteiger partial charge in [-0.05, 0) is 34.0 Å². The molecule has 0 aliphatic heterocycles. The molecular weight excluding hydrogens is 320 g/mol. The summed E-state index contributed by atoms with van der Waals surface area (Å²) in [5.41, 5.74) is 1.54. The lowest BCUT2D eigenvalue weighted by atomic mass is 10.1. The van der Waals surface area contributed by atoms with E-state index in [0.717, 1.165) is 21.1 Å². The van der Waals surface area contributed by atoms with E-state index in [1.54, 1.807) is 13.3 Å². The summed E-state index contributed by atoms with van der Waals surface area (Å²) in [6.45, 7) is 2.57. The molecule has 1 atom stereocenters. The van der Waals surface area contributed by atoms with E-state index in [-0.39, 0.29) is 11.8 Å². The molecule has 2 aromatic rings. The first-order chi connectivity index (χ1) is 9.60. The van der Waals surface area contributed by atoms with Gasteiger partial charge in [0.25, 0.3) is 0 Å². The lowest BCUT2D eigenvalue weighted by Gasteiger charge is -2.11. The summed E-state index contributed by atoms with van der Waals surface area (Å²) >= 11 is 3.39. The van der Waals surface area contributed by atoms with E-state index < -0.39 is 0 Å². The molecule has 4 nitrogen and oxygen atoms in total. The minimum atomic E-state index is -0.0215. The van der Waals surface area contributed by atoms with Gasteiger partial charge < -0.3 is 10.1 Å². The molecule has 5 heteroatoms. The normalized spacial score (nSPS) is 12.3. The average molecular weight is 337 g/mol. The largest absolute Gasteiger partial charge is 0.384 e. The van der Waals surface area contributed by atoms with Crippen LogP contribution in [0, 0.1) is 5.92 Å². The van der Waals surface area contributed by atoms with E-state index in [1.165, 1.54) is 0 Å². The number of aromatic nitrogens is 1. The van der Waals surface area contributed by atoms with Crippen LogP contribution in [0.15, 0.2) is 34.9 Å².